The van der Waals surface area contributed by atoms with E-state index in [0.29, 0.717) is 6.54 Å². The summed E-state index contributed by atoms with van der Waals surface area (Å²) in [5.74, 6) is 0.0175. The number of amides is 1. The quantitative estimate of drug-likeness (QED) is 0.757. The maximum atomic E-state index is 11.1. The van der Waals surface area contributed by atoms with Gasteiger partial charge >= 0.3 is 0 Å². The first-order chi connectivity index (χ1) is 10.7. The number of hydrogen-bond acceptors (Lipinski definition) is 3. The van der Waals surface area contributed by atoms with Crippen molar-refractivity contribution in [1.29, 1.82) is 0 Å². The second-order valence-electron chi connectivity index (χ2n) is 5.10. The number of nitrogens with zero attached hydrogens (tertiary/aromatic N) is 1. The number of thiophene rings is 1. The van der Waals surface area contributed by atoms with Crippen LogP contribution in [-0.2, 0) is 11.3 Å². The van der Waals surface area contributed by atoms with Crippen molar-refractivity contribution in [2.45, 2.75) is 30.3 Å². The first-order valence-electron chi connectivity index (χ1n) is 7.20. The molecule has 3 rings (SSSR count). The van der Waals surface area contributed by atoms with Gasteiger partial charge in [-0.05, 0) is 30.5 Å². The Balaban J connectivity index is 1.95. The van der Waals surface area contributed by atoms with Crippen molar-refractivity contribution in [3.05, 3.63) is 47.5 Å². The normalized spacial score (nSPS) is 11.0. The molecule has 5 heteroatoms. The van der Waals surface area contributed by atoms with Gasteiger partial charge in [0.25, 0.3) is 0 Å². The van der Waals surface area contributed by atoms with Gasteiger partial charge in [-0.3, -0.25) is 4.79 Å². The van der Waals surface area contributed by atoms with Crippen LogP contribution in [0, 0.1) is 6.92 Å². The molecule has 2 aromatic heterocycles. The van der Waals surface area contributed by atoms with Crippen molar-refractivity contribution < 1.29 is 4.79 Å². The van der Waals surface area contributed by atoms with Crippen LogP contribution in [0.3, 0.4) is 0 Å². The van der Waals surface area contributed by atoms with E-state index in [2.05, 4.69) is 52.5 Å². The van der Waals surface area contributed by atoms with Gasteiger partial charge < -0.3 is 9.88 Å². The molecule has 0 saturated heterocycles. The first kappa shape index (κ1) is 15.2. The lowest BCUT2D eigenvalue weighted by Gasteiger charge is -2.12. The fraction of sp³-hybridized carbons (Fsp3) is 0.235. The summed E-state index contributed by atoms with van der Waals surface area (Å²) in [5.41, 5.74) is 1.27. The topological polar surface area (TPSA) is 34.0 Å². The van der Waals surface area contributed by atoms with Crippen molar-refractivity contribution in [1.82, 2.24) is 9.88 Å². The Kier molecular flexibility index (Phi) is 4.55. The fourth-order valence-electron chi connectivity index (χ4n) is 2.50. The number of carbonyl (C=O) groups is 1. The van der Waals surface area contributed by atoms with E-state index in [1.54, 1.807) is 30.0 Å². The average molecular weight is 330 g/mol. The summed E-state index contributed by atoms with van der Waals surface area (Å²) in [4.78, 5) is 12.3. The molecule has 3 aromatic rings. The lowest BCUT2D eigenvalue weighted by Crippen LogP contribution is -2.24. The van der Waals surface area contributed by atoms with Crippen LogP contribution in [0.15, 0.2) is 51.7 Å². The van der Waals surface area contributed by atoms with E-state index in [1.165, 1.54) is 25.7 Å². The van der Waals surface area contributed by atoms with Crippen LogP contribution in [0.25, 0.3) is 10.1 Å². The summed E-state index contributed by atoms with van der Waals surface area (Å²) in [7, 11) is 0. The molecule has 0 bridgehead atoms. The van der Waals surface area contributed by atoms with Crippen LogP contribution in [0.2, 0.25) is 0 Å². The molecule has 0 aliphatic rings. The maximum absolute atomic E-state index is 11.1. The number of carbonyl (C=O) groups excluding carboxylic acids is 1. The Morgan fingerprint density at radius 1 is 1.27 bits per heavy atom. The molecule has 2 heterocycles. The Bertz CT molecular complexity index is 790. The molecule has 1 N–H and O–H groups in total. The standard InChI is InChI=1S/C17H18N2OS2/c1-12-16-15(8-11-21-16)17(19(12)10-9-18-13(2)20)22-14-6-4-3-5-7-14/h3-8,11H,9-10H2,1-2H3,(H,18,20). The van der Waals surface area contributed by atoms with E-state index in [4.69, 9.17) is 0 Å². The van der Waals surface area contributed by atoms with Gasteiger partial charge in [-0.2, -0.15) is 0 Å². The van der Waals surface area contributed by atoms with Crippen molar-refractivity contribution in [2.24, 2.45) is 0 Å². The van der Waals surface area contributed by atoms with Gasteiger partial charge in [0, 0.05) is 36.0 Å². The van der Waals surface area contributed by atoms with Crippen LogP contribution < -0.4 is 5.32 Å². The molecule has 22 heavy (non-hydrogen) atoms. The summed E-state index contributed by atoms with van der Waals surface area (Å²) in [6.45, 7) is 5.16. The number of rotatable bonds is 5. The third kappa shape index (κ3) is 3.05. The van der Waals surface area contributed by atoms with E-state index >= 15 is 0 Å². The fourth-order valence-corrected chi connectivity index (χ4v) is 4.61. The minimum atomic E-state index is 0.0175. The number of fused-ring (bicyclic) bond motifs is 1. The summed E-state index contributed by atoms with van der Waals surface area (Å²) in [6.07, 6.45) is 0. The molecule has 1 amide bonds. The predicted octanol–water partition coefficient (Wildman–Crippen LogP) is 4.30. The molecule has 1 aromatic carbocycles. The van der Waals surface area contributed by atoms with Gasteiger partial charge in [0.2, 0.25) is 5.91 Å². The van der Waals surface area contributed by atoms with Gasteiger partial charge in [-0.1, -0.05) is 30.0 Å². The number of aryl methyl sites for hydroxylation is 1. The lowest BCUT2D eigenvalue weighted by atomic mass is 10.4. The Morgan fingerprint density at radius 2 is 2.05 bits per heavy atom. The van der Waals surface area contributed by atoms with E-state index in [-0.39, 0.29) is 5.91 Å². The number of benzene rings is 1. The molecule has 114 valence electrons. The van der Waals surface area contributed by atoms with E-state index in [9.17, 15) is 4.79 Å². The second kappa shape index (κ2) is 6.58. The smallest absolute Gasteiger partial charge is 0.216 e. The van der Waals surface area contributed by atoms with E-state index in [0.717, 1.165) is 6.54 Å². The zero-order valence-corrected chi connectivity index (χ0v) is 14.3. The second-order valence-corrected chi connectivity index (χ2v) is 7.08. The monoisotopic (exact) mass is 330 g/mol. The van der Waals surface area contributed by atoms with Crippen molar-refractivity contribution in [2.75, 3.05) is 6.54 Å². The first-order valence-corrected chi connectivity index (χ1v) is 8.90. The molecule has 0 spiro atoms. The highest BCUT2D eigenvalue weighted by molar-refractivity contribution is 7.99. The van der Waals surface area contributed by atoms with Gasteiger partial charge in [-0.25, -0.2) is 0 Å². The maximum Gasteiger partial charge on any atom is 0.216 e. The van der Waals surface area contributed by atoms with Crippen LogP contribution in [0.4, 0.5) is 0 Å². The summed E-state index contributed by atoms with van der Waals surface area (Å²) in [6, 6.07) is 12.6. The third-order valence-corrected chi connectivity index (χ3v) is 5.71. The number of hydrogen-bond donors (Lipinski definition) is 1. The Morgan fingerprint density at radius 3 is 2.77 bits per heavy atom. The number of aromatic nitrogens is 1. The largest absolute Gasteiger partial charge is 0.355 e. The number of nitrogens with one attached hydrogen (secondary N) is 1. The van der Waals surface area contributed by atoms with Gasteiger partial charge in [0.05, 0.1) is 9.73 Å². The zero-order valence-electron chi connectivity index (χ0n) is 12.6. The third-order valence-electron chi connectivity index (χ3n) is 3.54. The summed E-state index contributed by atoms with van der Waals surface area (Å²) in [5, 5.41) is 7.59. The molecule has 0 fully saturated rings. The molecule has 0 aliphatic heterocycles. The van der Waals surface area contributed by atoms with Crippen LogP contribution in [-0.4, -0.2) is 17.0 Å². The van der Waals surface area contributed by atoms with Crippen LogP contribution in [0.5, 0.6) is 0 Å². The van der Waals surface area contributed by atoms with E-state index < -0.39 is 0 Å². The average Bonchev–Trinajstić information content (AvgIpc) is 3.06. The zero-order chi connectivity index (χ0) is 15.5. The molecule has 0 radical (unpaired) electrons. The van der Waals surface area contributed by atoms with E-state index in [1.807, 2.05) is 6.07 Å². The minimum absolute atomic E-state index is 0.0175. The van der Waals surface area contributed by atoms with Crippen molar-refractivity contribution >= 4 is 39.1 Å². The molecular formula is C17H18N2OS2. The molecule has 0 unspecified atom stereocenters. The molecule has 3 nitrogen and oxygen atoms in total. The molecule has 0 saturated carbocycles. The Labute approximate surface area is 138 Å². The highest BCUT2D eigenvalue weighted by atomic mass is 32.2. The van der Waals surface area contributed by atoms with Crippen LogP contribution in [0.1, 0.15) is 12.6 Å². The predicted molar refractivity (Wildman–Crippen MR) is 93.8 cm³/mol. The molecule has 0 aliphatic carbocycles. The minimum Gasteiger partial charge on any atom is -0.355 e. The lowest BCUT2D eigenvalue weighted by molar-refractivity contribution is -0.118. The highest BCUT2D eigenvalue weighted by Gasteiger charge is 2.16. The van der Waals surface area contributed by atoms with Gasteiger partial charge in [0.15, 0.2) is 0 Å². The van der Waals surface area contributed by atoms with Crippen LogP contribution >= 0.6 is 23.1 Å². The van der Waals surface area contributed by atoms with Crippen molar-refractivity contribution in [3.63, 3.8) is 0 Å². The summed E-state index contributed by atoms with van der Waals surface area (Å²) < 4.78 is 3.65. The molecule has 0 atom stereocenters. The van der Waals surface area contributed by atoms with Gasteiger partial charge in [-0.15, -0.1) is 11.3 Å². The highest BCUT2D eigenvalue weighted by Crippen LogP contribution is 2.39. The van der Waals surface area contributed by atoms with Crippen molar-refractivity contribution in [3.8, 4) is 0 Å². The SMILES string of the molecule is CC(=O)NCCn1c(Sc2ccccc2)c2ccsc2c1C. The Hall–Kier alpha value is -1.72. The molecular weight excluding hydrogens is 312 g/mol. The van der Waals surface area contributed by atoms with Gasteiger partial charge in [0.1, 0.15) is 0 Å². The summed E-state index contributed by atoms with van der Waals surface area (Å²) >= 11 is 3.56.